The van der Waals surface area contributed by atoms with Gasteiger partial charge in [0.05, 0.1) is 0 Å². The zero-order valence-corrected chi connectivity index (χ0v) is 12.4. The van der Waals surface area contributed by atoms with Gasteiger partial charge >= 0.3 is 0 Å². The number of aromatic nitrogens is 2. The number of aryl methyl sites for hydroxylation is 2. The van der Waals surface area contributed by atoms with Crippen LogP contribution in [0.25, 0.3) is 0 Å². The topological polar surface area (TPSA) is 41.0 Å². The molecule has 1 aliphatic carbocycles. The summed E-state index contributed by atoms with van der Waals surface area (Å²) in [7, 11) is 2.24. The molecule has 1 heterocycles. The van der Waals surface area contributed by atoms with E-state index in [2.05, 4.69) is 40.2 Å². The number of hydrogen-bond acceptors (Lipinski definition) is 4. The highest BCUT2D eigenvalue weighted by molar-refractivity contribution is 5.35. The molecule has 1 saturated carbocycles. The molecule has 1 aliphatic rings. The first-order chi connectivity index (χ1) is 9.19. The van der Waals surface area contributed by atoms with E-state index in [1.165, 1.54) is 25.7 Å². The molecule has 4 heteroatoms. The number of rotatable bonds is 6. The highest BCUT2D eigenvalue weighted by Crippen LogP contribution is 2.21. The Hall–Kier alpha value is -1.16. The van der Waals surface area contributed by atoms with Crippen molar-refractivity contribution in [2.45, 2.75) is 52.0 Å². The maximum absolute atomic E-state index is 4.44. The Labute approximate surface area is 116 Å². The predicted octanol–water partition coefficient (Wildman–Crippen LogP) is 2.63. The molecule has 0 saturated heterocycles. The summed E-state index contributed by atoms with van der Waals surface area (Å²) in [4.78, 5) is 11.3. The van der Waals surface area contributed by atoms with Gasteiger partial charge in [0.15, 0.2) is 0 Å². The van der Waals surface area contributed by atoms with Gasteiger partial charge < -0.3 is 10.2 Å². The molecular weight excluding hydrogens is 236 g/mol. The molecule has 2 rings (SSSR count). The zero-order valence-electron chi connectivity index (χ0n) is 12.4. The van der Waals surface area contributed by atoms with Gasteiger partial charge in [0.1, 0.15) is 11.6 Å². The van der Waals surface area contributed by atoms with Crippen LogP contribution in [0.15, 0.2) is 6.07 Å². The van der Waals surface area contributed by atoms with Gasteiger partial charge in [0.25, 0.3) is 0 Å². The molecule has 0 aromatic carbocycles. The molecular formula is C15H26N4. The Morgan fingerprint density at radius 3 is 2.74 bits per heavy atom. The van der Waals surface area contributed by atoms with E-state index in [1.807, 2.05) is 6.92 Å². The summed E-state index contributed by atoms with van der Waals surface area (Å²) in [5, 5.41) is 3.42. The quantitative estimate of drug-likeness (QED) is 0.855. The van der Waals surface area contributed by atoms with Crippen LogP contribution in [0.5, 0.6) is 0 Å². The molecule has 1 fully saturated rings. The lowest BCUT2D eigenvalue weighted by Gasteiger charge is -2.24. The second-order valence-corrected chi connectivity index (χ2v) is 5.49. The molecule has 106 valence electrons. The van der Waals surface area contributed by atoms with Crippen molar-refractivity contribution in [1.29, 1.82) is 0 Å². The highest BCUT2D eigenvalue weighted by Gasteiger charge is 2.18. The zero-order chi connectivity index (χ0) is 13.7. The van der Waals surface area contributed by atoms with Crippen LogP contribution in [0.3, 0.4) is 0 Å². The average molecular weight is 262 g/mol. The maximum Gasteiger partial charge on any atom is 0.129 e. The SMILES string of the molecule is CCc1cc(NCCN(C)C2CCCC2)nc(C)n1. The van der Waals surface area contributed by atoms with Crippen LogP contribution >= 0.6 is 0 Å². The molecule has 0 unspecified atom stereocenters. The van der Waals surface area contributed by atoms with Crippen molar-refractivity contribution in [3.05, 3.63) is 17.6 Å². The number of nitrogens with zero attached hydrogens (tertiary/aromatic N) is 3. The monoisotopic (exact) mass is 262 g/mol. The maximum atomic E-state index is 4.44. The van der Waals surface area contributed by atoms with Gasteiger partial charge in [-0.25, -0.2) is 9.97 Å². The average Bonchev–Trinajstić information content (AvgIpc) is 2.92. The lowest BCUT2D eigenvalue weighted by atomic mass is 10.2. The van der Waals surface area contributed by atoms with Crippen LogP contribution in [-0.2, 0) is 6.42 Å². The molecule has 4 nitrogen and oxygen atoms in total. The minimum atomic E-state index is 0.792. The van der Waals surface area contributed by atoms with Crippen molar-refractivity contribution in [2.75, 3.05) is 25.5 Å². The Bertz CT molecular complexity index is 399. The van der Waals surface area contributed by atoms with Gasteiger partial charge in [-0.15, -0.1) is 0 Å². The Kier molecular flexibility index (Phi) is 5.14. The van der Waals surface area contributed by atoms with Crippen molar-refractivity contribution in [2.24, 2.45) is 0 Å². The van der Waals surface area contributed by atoms with E-state index in [0.29, 0.717) is 0 Å². The smallest absolute Gasteiger partial charge is 0.129 e. The summed E-state index contributed by atoms with van der Waals surface area (Å²) in [5.41, 5.74) is 1.11. The highest BCUT2D eigenvalue weighted by atomic mass is 15.2. The Morgan fingerprint density at radius 1 is 1.32 bits per heavy atom. The van der Waals surface area contributed by atoms with E-state index < -0.39 is 0 Å². The first kappa shape index (κ1) is 14.3. The number of hydrogen-bond donors (Lipinski definition) is 1. The summed E-state index contributed by atoms with van der Waals surface area (Å²) in [6.07, 6.45) is 6.48. The van der Waals surface area contributed by atoms with Gasteiger partial charge in [-0.1, -0.05) is 19.8 Å². The number of nitrogens with one attached hydrogen (secondary N) is 1. The first-order valence-electron chi connectivity index (χ1n) is 7.47. The van der Waals surface area contributed by atoms with Crippen molar-refractivity contribution in [3.63, 3.8) is 0 Å². The fourth-order valence-electron chi connectivity index (χ4n) is 2.79. The molecule has 19 heavy (non-hydrogen) atoms. The molecule has 0 amide bonds. The number of likely N-dealkylation sites (N-methyl/N-ethyl adjacent to an activating group) is 1. The van der Waals surface area contributed by atoms with Gasteiger partial charge in [0.2, 0.25) is 0 Å². The Balaban J connectivity index is 1.80. The standard InChI is InChI=1S/C15H26N4/c1-4-13-11-15(18-12(2)17-13)16-9-10-19(3)14-7-5-6-8-14/h11,14H,4-10H2,1-3H3,(H,16,17,18). The summed E-state index contributed by atoms with van der Waals surface area (Å²) >= 11 is 0. The van der Waals surface area contributed by atoms with Crippen molar-refractivity contribution >= 4 is 5.82 Å². The molecule has 0 radical (unpaired) electrons. The van der Waals surface area contributed by atoms with E-state index in [4.69, 9.17) is 0 Å². The molecule has 0 atom stereocenters. The molecule has 1 aromatic heterocycles. The molecule has 1 aromatic rings. The molecule has 0 bridgehead atoms. The summed E-state index contributed by atoms with van der Waals surface area (Å²) in [6, 6.07) is 2.85. The van der Waals surface area contributed by atoms with Crippen LogP contribution in [0.4, 0.5) is 5.82 Å². The van der Waals surface area contributed by atoms with Gasteiger partial charge in [-0.3, -0.25) is 0 Å². The molecule has 0 aliphatic heterocycles. The molecule has 0 spiro atoms. The number of anilines is 1. The molecule has 1 N–H and O–H groups in total. The van der Waals surface area contributed by atoms with E-state index >= 15 is 0 Å². The van der Waals surface area contributed by atoms with Gasteiger partial charge in [0, 0.05) is 30.9 Å². The first-order valence-corrected chi connectivity index (χ1v) is 7.47. The van der Waals surface area contributed by atoms with Gasteiger partial charge in [-0.05, 0) is 33.2 Å². The summed E-state index contributed by atoms with van der Waals surface area (Å²) in [6.45, 7) is 6.11. The minimum absolute atomic E-state index is 0.792. The van der Waals surface area contributed by atoms with Crippen molar-refractivity contribution in [1.82, 2.24) is 14.9 Å². The fourth-order valence-corrected chi connectivity index (χ4v) is 2.79. The normalized spacial score (nSPS) is 16.2. The third kappa shape index (κ3) is 4.16. The van der Waals surface area contributed by atoms with Crippen molar-refractivity contribution < 1.29 is 0 Å². The second-order valence-electron chi connectivity index (χ2n) is 5.49. The summed E-state index contributed by atoms with van der Waals surface area (Å²) in [5.74, 6) is 1.81. The Morgan fingerprint density at radius 2 is 2.05 bits per heavy atom. The predicted molar refractivity (Wildman–Crippen MR) is 79.5 cm³/mol. The lowest BCUT2D eigenvalue weighted by Crippen LogP contribution is -2.33. The van der Waals surface area contributed by atoms with Crippen LogP contribution in [-0.4, -0.2) is 41.0 Å². The van der Waals surface area contributed by atoms with Crippen LogP contribution < -0.4 is 5.32 Å². The minimum Gasteiger partial charge on any atom is -0.369 e. The third-order valence-electron chi connectivity index (χ3n) is 3.97. The summed E-state index contributed by atoms with van der Waals surface area (Å²) < 4.78 is 0. The van der Waals surface area contributed by atoms with E-state index in [0.717, 1.165) is 42.9 Å². The van der Waals surface area contributed by atoms with Crippen molar-refractivity contribution in [3.8, 4) is 0 Å². The van der Waals surface area contributed by atoms with Gasteiger partial charge in [-0.2, -0.15) is 0 Å². The lowest BCUT2D eigenvalue weighted by molar-refractivity contribution is 0.254. The van der Waals surface area contributed by atoms with Crippen LogP contribution in [0.1, 0.15) is 44.1 Å². The largest absolute Gasteiger partial charge is 0.369 e. The van der Waals surface area contributed by atoms with E-state index in [-0.39, 0.29) is 0 Å². The second kappa shape index (κ2) is 6.85. The third-order valence-corrected chi connectivity index (χ3v) is 3.97. The van der Waals surface area contributed by atoms with Crippen LogP contribution in [0.2, 0.25) is 0 Å². The van der Waals surface area contributed by atoms with E-state index in [9.17, 15) is 0 Å². The van der Waals surface area contributed by atoms with E-state index in [1.54, 1.807) is 0 Å². The fraction of sp³-hybridized carbons (Fsp3) is 0.733. The van der Waals surface area contributed by atoms with Crippen LogP contribution in [0, 0.1) is 6.92 Å².